The van der Waals surface area contributed by atoms with Gasteiger partial charge in [-0.15, -0.1) is 0 Å². The zero-order chi connectivity index (χ0) is 20.9. The van der Waals surface area contributed by atoms with E-state index in [-0.39, 0.29) is 42.4 Å². The normalized spacial score (nSPS) is 20.6. The molecule has 0 aromatic heterocycles. The van der Waals surface area contributed by atoms with Gasteiger partial charge in [-0.2, -0.15) is 4.31 Å². The van der Waals surface area contributed by atoms with Crippen LogP contribution in [-0.2, 0) is 19.5 Å². The molecule has 2 atom stereocenters. The molecule has 0 aliphatic carbocycles. The van der Waals surface area contributed by atoms with Crippen LogP contribution >= 0.6 is 0 Å². The number of hydrogen-bond acceptors (Lipinski definition) is 5. The monoisotopic (exact) mass is 415 g/mol. The average molecular weight is 416 g/mol. The van der Waals surface area contributed by atoms with Gasteiger partial charge in [-0.05, 0) is 43.7 Å². The second kappa shape index (κ2) is 9.35. The summed E-state index contributed by atoms with van der Waals surface area (Å²) in [6.07, 6.45) is 3.23. The molecule has 1 aliphatic heterocycles. The minimum absolute atomic E-state index is 0.0769. The third kappa shape index (κ3) is 5.53. The average Bonchev–Trinajstić information content (AvgIpc) is 2.71. The van der Waals surface area contributed by atoms with Gasteiger partial charge in [0.15, 0.2) is 0 Å². The third-order valence-electron chi connectivity index (χ3n) is 4.51. The van der Waals surface area contributed by atoms with E-state index < -0.39 is 16.0 Å². The summed E-state index contributed by atoms with van der Waals surface area (Å²) in [5.41, 5.74) is 1.21. The van der Waals surface area contributed by atoms with Crippen LogP contribution in [0.5, 0.6) is 0 Å². The van der Waals surface area contributed by atoms with Crippen LogP contribution in [0.2, 0.25) is 0 Å². The van der Waals surface area contributed by atoms with E-state index in [2.05, 4.69) is 0 Å². The van der Waals surface area contributed by atoms with Crippen LogP contribution in [0.3, 0.4) is 0 Å². The number of ether oxygens (including phenoxy) is 2. The second-order valence-corrected chi connectivity index (χ2v) is 8.96. The van der Waals surface area contributed by atoms with E-state index in [9.17, 15) is 13.2 Å². The van der Waals surface area contributed by atoms with Crippen LogP contribution < -0.4 is 0 Å². The summed E-state index contributed by atoms with van der Waals surface area (Å²) in [6, 6.07) is 15.6. The highest BCUT2D eigenvalue weighted by atomic mass is 32.2. The molecule has 1 fully saturated rings. The SMILES string of the molecule is C[C@@H]1CN(S(=O)(=O)c2cccc(C(=O)OC/C=C/c3ccccc3)c2)C[C@H](C)O1. The summed E-state index contributed by atoms with van der Waals surface area (Å²) in [5, 5.41) is 0. The molecule has 0 bridgehead atoms. The lowest BCUT2D eigenvalue weighted by molar-refractivity contribution is -0.0440. The quantitative estimate of drug-likeness (QED) is 0.677. The van der Waals surface area contributed by atoms with Crippen LogP contribution in [-0.4, -0.2) is 50.6 Å². The molecule has 1 aliphatic rings. The molecule has 0 spiro atoms. The first-order valence-corrected chi connectivity index (χ1v) is 10.9. The molecule has 1 heterocycles. The van der Waals surface area contributed by atoms with Gasteiger partial charge < -0.3 is 9.47 Å². The Morgan fingerprint density at radius 2 is 1.79 bits per heavy atom. The molecular formula is C22H25NO5S. The summed E-state index contributed by atoms with van der Waals surface area (Å²) in [5.74, 6) is -0.566. The van der Waals surface area contributed by atoms with Crippen LogP contribution in [0.15, 0.2) is 65.6 Å². The zero-order valence-corrected chi connectivity index (χ0v) is 17.3. The molecule has 7 heteroatoms. The van der Waals surface area contributed by atoms with Gasteiger partial charge in [0.25, 0.3) is 0 Å². The molecule has 1 saturated heterocycles. The van der Waals surface area contributed by atoms with Crippen LogP contribution in [0.4, 0.5) is 0 Å². The molecular weight excluding hydrogens is 390 g/mol. The Balaban J connectivity index is 1.66. The number of benzene rings is 2. The van der Waals surface area contributed by atoms with Crippen molar-refractivity contribution in [1.29, 1.82) is 0 Å². The van der Waals surface area contributed by atoms with Crippen molar-refractivity contribution in [3.63, 3.8) is 0 Å². The van der Waals surface area contributed by atoms with Crippen LogP contribution in [0.1, 0.15) is 29.8 Å². The Labute approximate surface area is 171 Å². The molecule has 29 heavy (non-hydrogen) atoms. The molecule has 0 radical (unpaired) electrons. The van der Waals surface area contributed by atoms with Crippen molar-refractivity contribution in [2.45, 2.75) is 31.0 Å². The van der Waals surface area contributed by atoms with E-state index in [1.807, 2.05) is 50.3 Å². The molecule has 2 aromatic carbocycles. The predicted molar refractivity (Wildman–Crippen MR) is 111 cm³/mol. The Bertz CT molecular complexity index is 962. The zero-order valence-electron chi connectivity index (χ0n) is 16.5. The maximum absolute atomic E-state index is 13.0. The largest absolute Gasteiger partial charge is 0.458 e. The minimum atomic E-state index is -3.71. The number of hydrogen-bond donors (Lipinski definition) is 0. The number of carbonyl (C=O) groups is 1. The molecule has 2 aromatic rings. The van der Waals surface area contributed by atoms with Gasteiger partial charge in [0.2, 0.25) is 10.0 Å². The molecule has 0 N–H and O–H groups in total. The third-order valence-corrected chi connectivity index (χ3v) is 6.34. The van der Waals surface area contributed by atoms with Crippen molar-refractivity contribution in [2.24, 2.45) is 0 Å². The number of sulfonamides is 1. The first kappa shape index (κ1) is 21.2. The lowest BCUT2D eigenvalue weighted by atomic mass is 10.2. The Morgan fingerprint density at radius 1 is 1.10 bits per heavy atom. The fourth-order valence-electron chi connectivity index (χ4n) is 3.22. The Kier molecular flexibility index (Phi) is 6.84. The van der Waals surface area contributed by atoms with Crippen molar-refractivity contribution in [3.8, 4) is 0 Å². The number of esters is 1. The highest BCUT2D eigenvalue weighted by Crippen LogP contribution is 2.22. The van der Waals surface area contributed by atoms with Crippen molar-refractivity contribution in [2.75, 3.05) is 19.7 Å². The second-order valence-electron chi connectivity index (χ2n) is 7.02. The van der Waals surface area contributed by atoms with Gasteiger partial charge >= 0.3 is 5.97 Å². The molecule has 3 rings (SSSR count). The lowest BCUT2D eigenvalue weighted by Crippen LogP contribution is -2.48. The summed E-state index contributed by atoms with van der Waals surface area (Å²) in [6.45, 7) is 4.35. The Morgan fingerprint density at radius 3 is 2.48 bits per heavy atom. The summed E-state index contributed by atoms with van der Waals surface area (Å²) in [7, 11) is -3.71. The fourth-order valence-corrected chi connectivity index (χ4v) is 4.85. The summed E-state index contributed by atoms with van der Waals surface area (Å²) >= 11 is 0. The maximum Gasteiger partial charge on any atom is 0.338 e. The standard InChI is InChI=1S/C22H25NO5S/c1-17-15-23(16-18(2)28-17)29(25,26)21-12-6-11-20(14-21)22(24)27-13-7-10-19-8-4-3-5-9-19/h3-12,14,17-18H,13,15-16H2,1-2H3/b10-7+/t17-,18+. The molecule has 0 unspecified atom stereocenters. The van der Waals surface area contributed by atoms with E-state index in [4.69, 9.17) is 9.47 Å². The van der Waals surface area contributed by atoms with Crippen molar-refractivity contribution in [3.05, 3.63) is 71.8 Å². The molecule has 6 nitrogen and oxygen atoms in total. The van der Waals surface area contributed by atoms with Gasteiger partial charge in [0, 0.05) is 13.1 Å². The van der Waals surface area contributed by atoms with E-state index in [1.54, 1.807) is 18.2 Å². The highest BCUT2D eigenvalue weighted by Gasteiger charge is 2.32. The van der Waals surface area contributed by atoms with E-state index in [0.29, 0.717) is 0 Å². The maximum atomic E-state index is 13.0. The van der Waals surface area contributed by atoms with Gasteiger partial charge in [-0.1, -0.05) is 42.5 Å². The summed E-state index contributed by atoms with van der Waals surface area (Å²) < 4.78 is 38.2. The number of morpholine rings is 1. The first-order chi connectivity index (χ1) is 13.9. The highest BCUT2D eigenvalue weighted by molar-refractivity contribution is 7.89. The number of carbonyl (C=O) groups excluding carboxylic acids is 1. The smallest absolute Gasteiger partial charge is 0.338 e. The van der Waals surface area contributed by atoms with Crippen molar-refractivity contribution in [1.82, 2.24) is 4.31 Å². The molecule has 0 saturated carbocycles. The van der Waals surface area contributed by atoms with E-state index >= 15 is 0 Å². The van der Waals surface area contributed by atoms with Crippen LogP contribution in [0, 0.1) is 0 Å². The predicted octanol–water partition coefficient (Wildman–Crippen LogP) is 3.35. The summed E-state index contributed by atoms with van der Waals surface area (Å²) in [4.78, 5) is 12.4. The van der Waals surface area contributed by atoms with Gasteiger partial charge in [0.1, 0.15) is 6.61 Å². The van der Waals surface area contributed by atoms with Gasteiger partial charge in [-0.3, -0.25) is 0 Å². The molecule has 0 amide bonds. The van der Waals surface area contributed by atoms with Crippen molar-refractivity contribution < 1.29 is 22.7 Å². The minimum Gasteiger partial charge on any atom is -0.458 e. The van der Waals surface area contributed by atoms with E-state index in [1.165, 1.54) is 16.4 Å². The Hall–Kier alpha value is -2.48. The van der Waals surface area contributed by atoms with Crippen molar-refractivity contribution >= 4 is 22.1 Å². The first-order valence-electron chi connectivity index (χ1n) is 9.50. The topological polar surface area (TPSA) is 72.9 Å². The fraction of sp³-hybridized carbons (Fsp3) is 0.318. The number of nitrogens with zero attached hydrogens (tertiary/aromatic N) is 1. The molecule has 154 valence electrons. The van der Waals surface area contributed by atoms with Crippen LogP contribution in [0.25, 0.3) is 6.08 Å². The van der Waals surface area contributed by atoms with Gasteiger partial charge in [-0.25, -0.2) is 13.2 Å². The lowest BCUT2D eigenvalue weighted by Gasteiger charge is -2.34. The van der Waals surface area contributed by atoms with Gasteiger partial charge in [0.05, 0.1) is 22.7 Å². The number of rotatable bonds is 6. The van der Waals surface area contributed by atoms with E-state index in [0.717, 1.165) is 5.56 Å².